The summed E-state index contributed by atoms with van der Waals surface area (Å²) < 4.78 is 28.8. The number of amides is 1. The van der Waals surface area contributed by atoms with Gasteiger partial charge in [-0.2, -0.15) is 17.0 Å². The van der Waals surface area contributed by atoms with Crippen molar-refractivity contribution in [3.05, 3.63) is 35.4 Å². The number of hydrogen-bond acceptors (Lipinski definition) is 3. The van der Waals surface area contributed by atoms with Crippen LogP contribution in [-0.2, 0) is 28.0 Å². The van der Waals surface area contributed by atoms with Gasteiger partial charge in [0.05, 0.1) is 0 Å². The number of nitrogens with two attached hydrogens (primary N) is 1. The third-order valence-electron chi connectivity index (χ3n) is 4.90. The predicted octanol–water partition coefficient (Wildman–Crippen LogP) is 0.875. The average molecular weight is 337 g/mol. The molecule has 2 N–H and O–H groups in total. The first kappa shape index (κ1) is 16.4. The number of benzene rings is 1. The summed E-state index contributed by atoms with van der Waals surface area (Å²) in [4.78, 5) is 11.9. The molecule has 1 aromatic carbocycles. The molecule has 0 saturated carbocycles. The van der Waals surface area contributed by atoms with Crippen LogP contribution in [0.2, 0.25) is 0 Å². The zero-order chi connectivity index (χ0) is 16.6. The number of primary amides is 1. The van der Waals surface area contributed by atoms with Crippen LogP contribution in [0, 0.1) is 5.92 Å². The van der Waals surface area contributed by atoms with E-state index in [2.05, 4.69) is 6.92 Å². The number of hydrogen-bond donors (Lipinski definition) is 1. The van der Waals surface area contributed by atoms with Gasteiger partial charge in [0.2, 0.25) is 5.91 Å². The van der Waals surface area contributed by atoms with Gasteiger partial charge in [0.15, 0.2) is 0 Å². The molecule has 0 radical (unpaired) electrons. The number of fused-ring (bicyclic) bond motifs is 1. The van der Waals surface area contributed by atoms with Crippen LogP contribution in [0.25, 0.3) is 0 Å². The lowest BCUT2D eigenvalue weighted by atomic mass is 9.96. The minimum absolute atomic E-state index is 0.207. The van der Waals surface area contributed by atoms with E-state index in [4.69, 9.17) is 5.73 Å². The maximum atomic E-state index is 13.0. The molecule has 0 bridgehead atoms. The molecule has 0 spiro atoms. The van der Waals surface area contributed by atoms with Crippen molar-refractivity contribution in [2.45, 2.75) is 38.8 Å². The molecule has 1 atom stereocenters. The summed E-state index contributed by atoms with van der Waals surface area (Å²) in [6.45, 7) is 3.35. The molecule has 1 fully saturated rings. The summed E-state index contributed by atoms with van der Waals surface area (Å²) in [5.41, 5.74) is 7.44. The van der Waals surface area contributed by atoms with Crippen molar-refractivity contribution in [3.8, 4) is 0 Å². The van der Waals surface area contributed by atoms with E-state index in [1.165, 1.54) is 8.61 Å². The largest absolute Gasteiger partial charge is 0.368 e. The Morgan fingerprint density at radius 1 is 1.17 bits per heavy atom. The maximum absolute atomic E-state index is 13.0. The van der Waals surface area contributed by atoms with Crippen molar-refractivity contribution in [2.24, 2.45) is 11.7 Å². The molecule has 2 heterocycles. The molecule has 1 saturated heterocycles. The second-order valence-corrected chi connectivity index (χ2v) is 8.41. The van der Waals surface area contributed by atoms with Crippen LogP contribution in [-0.4, -0.2) is 42.1 Å². The first-order chi connectivity index (χ1) is 10.9. The van der Waals surface area contributed by atoms with Crippen molar-refractivity contribution in [1.82, 2.24) is 8.61 Å². The van der Waals surface area contributed by atoms with Crippen LogP contribution in [0.5, 0.6) is 0 Å². The van der Waals surface area contributed by atoms with E-state index in [0.717, 1.165) is 24.0 Å². The highest BCUT2D eigenvalue weighted by Crippen LogP contribution is 2.29. The average Bonchev–Trinajstić information content (AvgIpc) is 2.54. The number of carbonyl (C=O) groups excluding carboxylic acids is 1. The molecule has 1 amide bonds. The number of rotatable bonds is 3. The van der Waals surface area contributed by atoms with Crippen molar-refractivity contribution in [3.63, 3.8) is 0 Å². The fraction of sp³-hybridized carbons (Fsp3) is 0.562. The van der Waals surface area contributed by atoms with Gasteiger partial charge in [-0.3, -0.25) is 4.79 Å². The Labute approximate surface area is 137 Å². The fourth-order valence-corrected chi connectivity index (χ4v) is 5.12. The lowest BCUT2D eigenvalue weighted by molar-refractivity contribution is -0.122. The third kappa shape index (κ3) is 3.13. The minimum atomic E-state index is -3.68. The quantitative estimate of drug-likeness (QED) is 0.888. The highest BCUT2D eigenvalue weighted by atomic mass is 32.2. The highest BCUT2D eigenvalue weighted by molar-refractivity contribution is 7.86. The molecule has 3 rings (SSSR count). The molecule has 1 aromatic rings. The molecule has 0 aromatic heterocycles. The van der Waals surface area contributed by atoms with Crippen LogP contribution in [0.1, 0.15) is 30.9 Å². The minimum Gasteiger partial charge on any atom is -0.368 e. The summed E-state index contributed by atoms with van der Waals surface area (Å²) in [6, 6.07) is 6.81. The van der Waals surface area contributed by atoms with E-state index < -0.39 is 22.2 Å². The Balaban J connectivity index is 1.91. The summed E-state index contributed by atoms with van der Waals surface area (Å²) in [5, 5.41) is 0. The molecule has 23 heavy (non-hydrogen) atoms. The van der Waals surface area contributed by atoms with Gasteiger partial charge in [0.25, 0.3) is 10.2 Å². The van der Waals surface area contributed by atoms with Crippen LogP contribution in [0.15, 0.2) is 24.3 Å². The smallest absolute Gasteiger partial charge is 0.283 e. The Bertz CT molecular complexity index is 696. The topological polar surface area (TPSA) is 83.7 Å². The second-order valence-electron chi connectivity index (χ2n) is 6.53. The van der Waals surface area contributed by atoms with E-state index in [1.54, 1.807) is 0 Å². The zero-order valence-corrected chi connectivity index (χ0v) is 14.1. The molecular weight excluding hydrogens is 314 g/mol. The lowest BCUT2D eigenvalue weighted by Crippen LogP contribution is -2.56. The van der Waals surface area contributed by atoms with Gasteiger partial charge < -0.3 is 5.73 Å². The monoisotopic (exact) mass is 337 g/mol. The number of nitrogens with zero attached hydrogens (tertiary/aromatic N) is 2. The predicted molar refractivity (Wildman–Crippen MR) is 87.6 cm³/mol. The summed E-state index contributed by atoms with van der Waals surface area (Å²) in [7, 11) is -3.68. The standard InChI is InChI=1S/C16H23N3O3S/c1-12-6-8-18(9-7-12)23(21,22)19-11-14-5-3-2-4-13(14)10-15(19)16(17)20/h2-5,12,15H,6-11H2,1H3,(H2,17,20)/t15-/m1/s1. The summed E-state index contributed by atoms with van der Waals surface area (Å²) in [6.07, 6.45) is 2.05. The van der Waals surface area contributed by atoms with Crippen molar-refractivity contribution in [1.29, 1.82) is 0 Å². The van der Waals surface area contributed by atoms with Gasteiger partial charge >= 0.3 is 0 Å². The summed E-state index contributed by atoms with van der Waals surface area (Å²) in [5.74, 6) is -0.0519. The first-order valence-corrected chi connectivity index (χ1v) is 9.42. The van der Waals surface area contributed by atoms with Crippen LogP contribution < -0.4 is 5.73 Å². The molecule has 0 unspecified atom stereocenters. The van der Waals surface area contributed by atoms with Gasteiger partial charge in [-0.15, -0.1) is 0 Å². The molecule has 2 aliphatic rings. The molecule has 126 valence electrons. The molecule has 0 aliphatic carbocycles. The van der Waals surface area contributed by atoms with Crippen molar-refractivity contribution < 1.29 is 13.2 Å². The fourth-order valence-electron chi connectivity index (χ4n) is 3.35. The van der Waals surface area contributed by atoms with Gasteiger partial charge in [0.1, 0.15) is 6.04 Å². The summed E-state index contributed by atoms with van der Waals surface area (Å²) >= 11 is 0. The second kappa shape index (κ2) is 6.22. The van der Waals surface area contributed by atoms with Gasteiger partial charge in [-0.25, -0.2) is 0 Å². The zero-order valence-electron chi connectivity index (χ0n) is 13.3. The highest BCUT2D eigenvalue weighted by Gasteiger charge is 2.41. The number of carbonyl (C=O) groups is 1. The van der Waals surface area contributed by atoms with E-state index in [0.29, 0.717) is 25.4 Å². The van der Waals surface area contributed by atoms with E-state index in [-0.39, 0.29) is 6.54 Å². The van der Waals surface area contributed by atoms with Crippen LogP contribution in [0.4, 0.5) is 0 Å². The Morgan fingerprint density at radius 3 is 2.39 bits per heavy atom. The normalized spacial score (nSPS) is 24.3. The maximum Gasteiger partial charge on any atom is 0.283 e. The van der Waals surface area contributed by atoms with Crippen LogP contribution >= 0.6 is 0 Å². The van der Waals surface area contributed by atoms with E-state index in [1.807, 2.05) is 24.3 Å². The first-order valence-electron chi connectivity index (χ1n) is 8.02. The Hall–Kier alpha value is -1.44. The molecule has 6 nitrogen and oxygen atoms in total. The van der Waals surface area contributed by atoms with Crippen LogP contribution in [0.3, 0.4) is 0 Å². The van der Waals surface area contributed by atoms with Gasteiger partial charge in [-0.05, 0) is 36.3 Å². The molecule has 7 heteroatoms. The van der Waals surface area contributed by atoms with Crippen molar-refractivity contribution >= 4 is 16.1 Å². The lowest BCUT2D eigenvalue weighted by Gasteiger charge is -2.39. The van der Waals surface area contributed by atoms with E-state index >= 15 is 0 Å². The number of piperidine rings is 1. The Morgan fingerprint density at radius 2 is 1.78 bits per heavy atom. The van der Waals surface area contributed by atoms with Crippen molar-refractivity contribution in [2.75, 3.05) is 13.1 Å². The molecule has 2 aliphatic heterocycles. The SMILES string of the molecule is CC1CCN(S(=O)(=O)N2Cc3ccccc3C[C@@H]2C(N)=O)CC1. The molecular formula is C16H23N3O3S. The van der Waals surface area contributed by atoms with Gasteiger partial charge in [-0.1, -0.05) is 31.2 Å². The third-order valence-corrected chi connectivity index (χ3v) is 6.89. The van der Waals surface area contributed by atoms with Gasteiger partial charge in [0, 0.05) is 19.6 Å². The van der Waals surface area contributed by atoms with E-state index in [9.17, 15) is 13.2 Å². The Kier molecular flexibility index (Phi) is 4.44.